The Morgan fingerprint density at radius 1 is 1.10 bits per heavy atom. The van der Waals surface area contributed by atoms with Crippen molar-refractivity contribution >= 4 is 29.1 Å². The third-order valence-corrected chi connectivity index (χ3v) is 4.90. The summed E-state index contributed by atoms with van der Waals surface area (Å²) in [5, 5.41) is 13.3. The maximum atomic E-state index is 12.7. The first-order chi connectivity index (χ1) is 14.8. The lowest BCUT2D eigenvalue weighted by Gasteiger charge is -2.16. The van der Waals surface area contributed by atoms with Crippen LogP contribution < -0.4 is 5.73 Å². The molecule has 0 spiro atoms. The molecule has 0 radical (unpaired) electrons. The number of aliphatic hydroxyl groups excluding tert-OH is 1. The van der Waals surface area contributed by atoms with Gasteiger partial charge < -0.3 is 20.6 Å². The van der Waals surface area contributed by atoms with E-state index >= 15 is 0 Å². The van der Waals surface area contributed by atoms with Crippen molar-refractivity contribution in [3.63, 3.8) is 0 Å². The molecule has 1 atom stereocenters. The van der Waals surface area contributed by atoms with Crippen LogP contribution in [0, 0.1) is 5.92 Å². The number of benzene rings is 2. The summed E-state index contributed by atoms with van der Waals surface area (Å²) in [5.41, 5.74) is 8.46. The minimum atomic E-state index is -0.381. The van der Waals surface area contributed by atoms with E-state index in [1.807, 2.05) is 24.3 Å². The van der Waals surface area contributed by atoms with E-state index in [1.165, 1.54) is 4.90 Å². The Morgan fingerprint density at radius 3 is 2.29 bits per heavy atom. The first-order valence-electron chi connectivity index (χ1n) is 9.93. The zero-order chi connectivity index (χ0) is 22.8. The Bertz CT molecular complexity index is 896. The number of aliphatic hydroxyl groups is 1. The molecule has 0 bridgehead atoms. The van der Waals surface area contributed by atoms with Crippen LogP contribution in [0.15, 0.2) is 53.7 Å². The molecule has 0 saturated carbocycles. The smallest absolute Gasteiger partial charge is 0.253 e. The highest BCUT2D eigenvalue weighted by atomic mass is 35.5. The van der Waals surface area contributed by atoms with Gasteiger partial charge in [0.05, 0.1) is 6.61 Å². The number of amidine groups is 1. The minimum absolute atomic E-state index is 0.00652. The number of Topliss-reactive ketones (excluding diaryl/α,β-unsaturated/α-hetero) is 1. The lowest BCUT2D eigenvalue weighted by Crippen LogP contribution is -2.29. The molecule has 2 rings (SSSR count). The fourth-order valence-corrected chi connectivity index (χ4v) is 3.15. The van der Waals surface area contributed by atoms with Gasteiger partial charge >= 0.3 is 0 Å². The number of halogens is 1. The number of ketones is 1. The largest absolute Gasteiger partial charge is 0.393 e. The summed E-state index contributed by atoms with van der Waals surface area (Å²) in [6, 6.07) is 14.3. The highest BCUT2D eigenvalue weighted by Crippen LogP contribution is 2.17. The van der Waals surface area contributed by atoms with Gasteiger partial charge in [-0.2, -0.15) is 0 Å². The van der Waals surface area contributed by atoms with E-state index in [1.54, 1.807) is 38.4 Å². The molecule has 2 aromatic carbocycles. The molecule has 0 fully saturated rings. The number of amides is 1. The standard InChI is InChI=1S/C23H28ClN3O4/c1-27(2)23(30)18-7-3-16(4-8-18)13-19(22(25)26-31-12-11-28)15-21(29)14-17-5-9-20(24)10-6-17/h3-10,19,28H,11-15H2,1-2H3,(H2,25,26)/t19-/m1/s1. The summed E-state index contributed by atoms with van der Waals surface area (Å²) >= 11 is 5.90. The van der Waals surface area contributed by atoms with Crippen molar-refractivity contribution in [3.05, 3.63) is 70.2 Å². The molecule has 31 heavy (non-hydrogen) atoms. The zero-order valence-electron chi connectivity index (χ0n) is 17.8. The third kappa shape index (κ3) is 8.03. The average molecular weight is 446 g/mol. The summed E-state index contributed by atoms with van der Waals surface area (Å²) in [5.74, 6) is -0.271. The maximum Gasteiger partial charge on any atom is 0.253 e. The molecular weight excluding hydrogens is 418 g/mol. The number of carbonyl (C=O) groups excluding carboxylic acids is 2. The van der Waals surface area contributed by atoms with E-state index in [4.69, 9.17) is 27.3 Å². The zero-order valence-corrected chi connectivity index (χ0v) is 18.5. The van der Waals surface area contributed by atoms with Crippen LogP contribution in [0.25, 0.3) is 0 Å². The summed E-state index contributed by atoms with van der Waals surface area (Å²) in [6.45, 7) is -0.161. The van der Waals surface area contributed by atoms with E-state index in [0.29, 0.717) is 17.0 Å². The average Bonchev–Trinajstić information content (AvgIpc) is 2.75. The topological polar surface area (TPSA) is 105 Å². The van der Waals surface area contributed by atoms with Crippen molar-refractivity contribution in [2.45, 2.75) is 19.3 Å². The number of carbonyl (C=O) groups is 2. The van der Waals surface area contributed by atoms with Crippen LogP contribution in [-0.2, 0) is 22.5 Å². The second-order valence-electron chi connectivity index (χ2n) is 7.42. The lowest BCUT2D eigenvalue weighted by atomic mass is 9.91. The van der Waals surface area contributed by atoms with Gasteiger partial charge in [0.25, 0.3) is 5.91 Å². The van der Waals surface area contributed by atoms with Crippen molar-refractivity contribution < 1.29 is 19.5 Å². The quantitative estimate of drug-likeness (QED) is 0.239. The van der Waals surface area contributed by atoms with E-state index < -0.39 is 0 Å². The van der Waals surface area contributed by atoms with Gasteiger partial charge in [0.15, 0.2) is 0 Å². The van der Waals surface area contributed by atoms with Gasteiger partial charge in [-0.15, -0.1) is 0 Å². The molecule has 7 nitrogen and oxygen atoms in total. The molecular formula is C23H28ClN3O4. The van der Waals surface area contributed by atoms with Crippen LogP contribution in [0.1, 0.15) is 27.9 Å². The van der Waals surface area contributed by atoms with E-state index in [-0.39, 0.29) is 49.5 Å². The summed E-state index contributed by atoms with van der Waals surface area (Å²) in [4.78, 5) is 31.2. The number of nitrogens with zero attached hydrogens (tertiary/aromatic N) is 2. The van der Waals surface area contributed by atoms with Crippen LogP contribution in [0.3, 0.4) is 0 Å². The van der Waals surface area contributed by atoms with E-state index in [2.05, 4.69) is 5.16 Å². The molecule has 0 aromatic heterocycles. The summed E-state index contributed by atoms with van der Waals surface area (Å²) < 4.78 is 0. The molecule has 1 amide bonds. The van der Waals surface area contributed by atoms with Crippen molar-refractivity contribution in [1.82, 2.24) is 4.90 Å². The molecule has 0 aliphatic rings. The second kappa shape index (κ2) is 12.1. The van der Waals surface area contributed by atoms with Gasteiger partial charge in [0, 0.05) is 43.4 Å². The van der Waals surface area contributed by atoms with Crippen LogP contribution in [0.4, 0.5) is 0 Å². The van der Waals surface area contributed by atoms with Crippen LogP contribution in [-0.4, -0.2) is 54.8 Å². The van der Waals surface area contributed by atoms with Gasteiger partial charge in [0.1, 0.15) is 18.2 Å². The predicted molar refractivity (Wildman–Crippen MR) is 121 cm³/mol. The highest BCUT2D eigenvalue weighted by molar-refractivity contribution is 6.30. The van der Waals surface area contributed by atoms with Gasteiger partial charge in [-0.05, 0) is 41.8 Å². The van der Waals surface area contributed by atoms with Gasteiger partial charge in [0.2, 0.25) is 0 Å². The number of rotatable bonds is 11. The minimum Gasteiger partial charge on any atom is -0.393 e. The molecule has 0 aliphatic carbocycles. The molecule has 8 heteroatoms. The van der Waals surface area contributed by atoms with Crippen LogP contribution in [0.5, 0.6) is 0 Å². The Hall–Kier alpha value is -2.90. The molecule has 0 unspecified atom stereocenters. The fourth-order valence-electron chi connectivity index (χ4n) is 3.02. The van der Waals surface area contributed by atoms with E-state index in [9.17, 15) is 9.59 Å². The Balaban J connectivity index is 2.12. The van der Waals surface area contributed by atoms with Crippen molar-refractivity contribution in [3.8, 4) is 0 Å². The predicted octanol–water partition coefficient (Wildman–Crippen LogP) is 2.68. The first-order valence-corrected chi connectivity index (χ1v) is 10.3. The number of hydrogen-bond acceptors (Lipinski definition) is 5. The summed E-state index contributed by atoms with van der Waals surface area (Å²) in [6.07, 6.45) is 0.897. The Kier molecular flexibility index (Phi) is 9.49. The third-order valence-electron chi connectivity index (χ3n) is 4.65. The second-order valence-corrected chi connectivity index (χ2v) is 7.85. The lowest BCUT2D eigenvalue weighted by molar-refractivity contribution is -0.118. The summed E-state index contributed by atoms with van der Waals surface area (Å²) in [7, 11) is 3.39. The number of hydrogen-bond donors (Lipinski definition) is 2. The highest BCUT2D eigenvalue weighted by Gasteiger charge is 2.20. The van der Waals surface area contributed by atoms with Crippen molar-refractivity contribution in [2.24, 2.45) is 16.8 Å². The normalized spacial score (nSPS) is 12.3. The molecule has 0 saturated heterocycles. The van der Waals surface area contributed by atoms with E-state index in [0.717, 1.165) is 11.1 Å². The fraction of sp³-hybridized carbons (Fsp3) is 0.348. The molecule has 0 heterocycles. The monoisotopic (exact) mass is 445 g/mol. The molecule has 0 aliphatic heterocycles. The van der Waals surface area contributed by atoms with Crippen molar-refractivity contribution in [1.29, 1.82) is 0 Å². The van der Waals surface area contributed by atoms with Crippen molar-refractivity contribution in [2.75, 3.05) is 27.3 Å². The Labute approximate surface area is 187 Å². The van der Waals surface area contributed by atoms with Crippen LogP contribution >= 0.6 is 11.6 Å². The van der Waals surface area contributed by atoms with Crippen LogP contribution in [0.2, 0.25) is 5.02 Å². The molecule has 3 N–H and O–H groups in total. The van der Waals surface area contributed by atoms with Gasteiger partial charge in [-0.3, -0.25) is 9.59 Å². The van der Waals surface area contributed by atoms with Gasteiger partial charge in [-0.1, -0.05) is 41.0 Å². The SMILES string of the molecule is CN(C)C(=O)c1ccc(C[C@H](CC(=O)Cc2ccc(Cl)cc2)/C(N)=N/OCCO)cc1. The number of oxime groups is 1. The Morgan fingerprint density at radius 2 is 1.71 bits per heavy atom. The molecule has 2 aromatic rings. The number of nitrogens with two attached hydrogens (primary N) is 1. The first kappa shape index (κ1) is 24.4. The molecule has 166 valence electrons. The van der Waals surface area contributed by atoms with Gasteiger partial charge in [-0.25, -0.2) is 0 Å². The maximum absolute atomic E-state index is 12.7.